The molecule has 3 aromatic rings. The molecule has 0 radical (unpaired) electrons. The van der Waals surface area contributed by atoms with E-state index < -0.39 is 0 Å². The predicted octanol–water partition coefficient (Wildman–Crippen LogP) is 4.49. The lowest BCUT2D eigenvalue weighted by molar-refractivity contribution is -0.130. The quantitative estimate of drug-likeness (QED) is 0.554. The smallest absolute Gasteiger partial charge is 0.240 e. The molecule has 0 unspecified atom stereocenters. The Bertz CT molecular complexity index is 917. The van der Waals surface area contributed by atoms with Crippen molar-refractivity contribution in [2.24, 2.45) is 7.05 Å². The summed E-state index contributed by atoms with van der Waals surface area (Å²) in [5.41, 5.74) is 3.19. The topological polar surface area (TPSA) is 51.0 Å². The maximum absolute atomic E-state index is 13.2. The highest BCUT2D eigenvalue weighted by molar-refractivity contribution is 8.00. The molecule has 6 heteroatoms. The minimum Gasteiger partial charge on any atom is -0.342 e. The van der Waals surface area contributed by atoms with E-state index in [-0.39, 0.29) is 11.2 Å². The van der Waals surface area contributed by atoms with Crippen LogP contribution in [0.1, 0.15) is 30.2 Å². The van der Waals surface area contributed by atoms with Crippen molar-refractivity contribution in [3.8, 4) is 11.4 Å². The highest BCUT2D eigenvalue weighted by Gasteiger charge is 2.28. The van der Waals surface area contributed by atoms with E-state index in [9.17, 15) is 4.79 Å². The molecular weight excluding hydrogens is 368 g/mol. The van der Waals surface area contributed by atoms with Gasteiger partial charge in [0.25, 0.3) is 0 Å². The number of hydrogen-bond donors (Lipinski definition) is 0. The highest BCUT2D eigenvalue weighted by atomic mass is 32.2. The average molecular weight is 395 g/mol. The molecule has 0 fully saturated rings. The third-order valence-electron chi connectivity index (χ3n) is 4.77. The number of thioether (sulfide) groups is 1. The van der Waals surface area contributed by atoms with Crippen LogP contribution in [0.5, 0.6) is 0 Å². The highest BCUT2D eigenvalue weighted by Crippen LogP contribution is 2.36. The molecule has 1 heterocycles. The fourth-order valence-corrected chi connectivity index (χ4v) is 4.15. The van der Waals surface area contributed by atoms with Crippen LogP contribution in [0.4, 0.5) is 0 Å². The molecule has 0 saturated carbocycles. The second kappa shape index (κ2) is 9.06. The Morgan fingerprint density at radius 1 is 1.04 bits per heavy atom. The third kappa shape index (κ3) is 4.28. The van der Waals surface area contributed by atoms with Gasteiger partial charge in [0, 0.05) is 25.7 Å². The van der Waals surface area contributed by atoms with Gasteiger partial charge < -0.3 is 9.47 Å². The Labute approximate surface area is 170 Å². The number of carbonyl (C=O) groups is 1. The van der Waals surface area contributed by atoms with Crippen LogP contribution in [-0.2, 0) is 11.8 Å². The van der Waals surface area contributed by atoms with Crippen LogP contribution >= 0.6 is 11.8 Å². The van der Waals surface area contributed by atoms with Crippen LogP contribution in [0, 0.1) is 6.92 Å². The molecule has 146 valence electrons. The Morgan fingerprint density at radius 3 is 2.29 bits per heavy atom. The summed E-state index contributed by atoms with van der Waals surface area (Å²) >= 11 is 1.45. The minimum absolute atomic E-state index is 0.0982. The number of amides is 1. The Morgan fingerprint density at radius 2 is 1.68 bits per heavy atom. The molecule has 1 amide bonds. The van der Waals surface area contributed by atoms with Crippen LogP contribution in [0.25, 0.3) is 11.4 Å². The largest absolute Gasteiger partial charge is 0.342 e. The fourth-order valence-electron chi connectivity index (χ4n) is 3.07. The fraction of sp³-hybridized carbons (Fsp3) is 0.318. The summed E-state index contributed by atoms with van der Waals surface area (Å²) in [6.45, 7) is 7.45. The number of aryl methyl sites for hydroxylation is 1. The van der Waals surface area contributed by atoms with Gasteiger partial charge in [0.15, 0.2) is 11.0 Å². The zero-order valence-corrected chi connectivity index (χ0v) is 17.6. The van der Waals surface area contributed by atoms with Gasteiger partial charge in [-0.25, -0.2) is 0 Å². The molecule has 0 aliphatic carbocycles. The first kappa shape index (κ1) is 20.1. The van der Waals surface area contributed by atoms with Crippen molar-refractivity contribution in [1.29, 1.82) is 0 Å². The molecule has 3 rings (SSSR count). The second-order valence-electron chi connectivity index (χ2n) is 6.65. The predicted molar refractivity (Wildman–Crippen MR) is 114 cm³/mol. The van der Waals surface area contributed by atoms with E-state index in [2.05, 4.69) is 29.3 Å². The molecule has 0 saturated heterocycles. The number of rotatable bonds is 7. The lowest BCUT2D eigenvalue weighted by atomic mass is 10.1. The van der Waals surface area contributed by atoms with Crippen molar-refractivity contribution >= 4 is 17.7 Å². The van der Waals surface area contributed by atoms with Crippen molar-refractivity contribution in [3.05, 3.63) is 65.7 Å². The maximum Gasteiger partial charge on any atom is 0.240 e. The van der Waals surface area contributed by atoms with E-state index in [0.717, 1.165) is 22.1 Å². The number of aromatic nitrogens is 3. The SMILES string of the molecule is CCN(CC)C(=O)[C@H](Sc1nnc(-c2ccc(C)cc2)n1C)c1ccccc1. The first-order valence-corrected chi connectivity index (χ1v) is 10.4. The molecule has 2 aromatic carbocycles. The van der Waals surface area contributed by atoms with Crippen LogP contribution in [0.2, 0.25) is 0 Å². The number of hydrogen-bond acceptors (Lipinski definition) is 4. The van der Waals surface area contributed by atoms with Crippen molar-refractivity contribution in [2.45, 2.75) is 31.2 Å². The summed E-state index contributed by atoms with van der Waals surface area (Å²) < 4.78 is 1.96. The summed E-state index contributed by atoms with van der Waals surface area (Å²) in [5.74, 6) is 0.894. The van der Waals surface area contributed by atoms with Crippen molar-refractivity contribution in [2.75, 3.05) is 13.1 Å². The van der Waals surface area contributed by atoms with Crippen molar-refractivity contribution in [3.63, 3.8) is 0 Å². The first-order chi connectivity index (χ1) is 13.5. The van der Waals surface area contributed by atoms with Gasteiger partial charge in [-0.05, 0) is 26.3 Å². The molecule has 0 N–H and O–H groups in total. The minimum atomic E-state index is -0.352. The molecule has 1 atom stereocenters. The lowest BCUT2D eigenvalue weighted by Gasteiger charge is -2.24. The Kier molecular flexibility index (Phi) is 6.52. The van der Waals surface area contributed by atoms with E-state index >= 15 is 0 Å². The van der Waals surface area contributed by atoms with Crippen LogP contribution in [-0.4, -0.2) is 38.7 Å². The normalized spacial score (nSPS) is 12.0. The number of benzene rings is 2. The number of likely N-dealkylation sites (N-methyl/N-ethyl adjacent to an activating group) is 1. The van der Waals surface area contributed by atoms with Gasteiger partial charge >= 0.3 is 0 Å². The van der Waals surface area contributed by atoms with E-state index in [0.29, 0.717) is 13.1 Å². The average Bonchev–Trinajstić information content (AvgIpc) is 3.08. The number of nitrogens with zero attached hydrogens (tertiary/aromatic N) is 4. The van der Waals surface area contributed by atoms with Gasteiger partial charge in [-0.3, -0.25) is 4.79 Å². The van der Waals surface area contributed by atoms with Crippen LogP contribution in [0.15, 0.2) is 59.8 Å². The molecular formula is C22H26N4OS. The van der Waals surface area contributed by atoms with E-state index in [1.54, 1.807) is 0 Å². The second-order valence-corrected chi connectivity index (χ2v) is 7.72. The van der Waals surface area contributed by atoms with Crippen LogP contribution in [0.3, 0.4) is 0 Å². The standard InChI is InChI=1S/C22H26N4OS/c1-5-26(6-2)21(27)19(17-10-8-7-9-11-17)28-22-24-23-20(25(22)4)18-14-12-16(3)13-15-18/h7-15,19H,5-6H2,1-4H3/t19-/m1/s1. The van der Waals surface area contributed by atoms with Crippen molar-refractivity contribution in [1.82, 2.24) is 19.7 Å². The van der Waals surface area contributed by atoms with Gasteiger partial charge in [0.05, 0.1) is 0 Å². The summed E-state index contributed by atoms with van der Waals surface area (Å²) in [5, 5.41) is 9.13. The van der Waals surface area contributed by atoms with Gasteiger partial charge in [0.1, 0.15) is 5.25 Å². The molecule has 0 aliphatic rings. The summed E-state index contributed by atoms with van der Waals surface area (Å²) in [4.78, 5) is 15.0. The molecule has 28 heavy (non-hydrogen) atoms. The van der Waals surface area contributed by atoms with Crippen LogP contribution < -0.4 is 0 Å². The third-order valence-corrected chi connectivity index (χ3v) is 6.05. The lowest BCUT2D eigenvalue weighted by Crippen LogP contribution is -2.34. The summed E-state index contributed by atoms with van der Waals surface area (Å²) in [6, 6.07) is 18.1. The molecule has 0 bridgehead atoms. The Hall–Kier alpha value is -2.60. The van der Waals surface area contributed by atoms with Gasteiger partial charge in [0.2, 0.25) is 5.91 Å². The zero-order valence-electron chi connectivity index (χ0n) is 16.8. The zero-order chi connectivity index (χ0) is 20.1. The maximum atomic E-state index is 13.2. The van der Waals surface area contributed by atoms with E-state index in [1.807, 2.05) is 72.8 Å². The summed E-state index contributed by atoms with van der Waals surface area (Å²) in [6.07, 6.45) is 0. The molecule has 0 aliphatic heterocycles. The van der Waals surface area contributed by atoms with Crippen molar-refractivity contribution < 1.29 is 4.79 Å². The van der Waals surface area contributed by atoms with Gasteiger partial charge in [-0.2, -0.15) is 0 Å². The molecule has 0 spiro atoms. The van der Waals surface area contributed by atoms with Gasteiger partial charge in [-0.15, -0.1) is 10.2 Å². The van der Waals surface area contributed by atoms with E-state index in [4.69, 9.17) is 0 Å². The monoisotopic (exact) mass is 394 g/mol. The van der Waals surface area contributed by atoms with E-state index in [1.165, 1.54) is 17.3 Å². The Balaban J connectivity index is 1.93. The first-order valence-electron chi connectivity index (χ1n) is 9.52. The molecule has 1 aromatic heterocycles. The van der Waals surface area contributed by atoms with Gasteiger partial charge in [-0.1, -0.05) is 71.9 Å². The summed E-state index contributed by atoms with van der Waals surface area (Å²) in [7, 11) is 1.95. The molecule has 5 nitrogen and oxygen atoms in total. The number of carbonyl (C=O) groups excluding carboxylic acids is 1.